The molecule has 0 aliphatic carbocycles. The van der Waals surface area contributed by atoms with Gasteiger partial charge in [-0.25, -0.2) is 9.13 Å². The maximum absolute atomic E-state index is 13.1. The van der Waals surface area contributed by atoms with Gasteiger partial charge in [0.2, 0.25) is 0 Å². The zero-order valence-electron chi connectivity index (χ0n) is 62.5. The van der Waals surface area contributed by atoms with E-state index in [1.165, 1.54) is 231 Å². The first-order valence-electron chi connectivity index (χ1n) is 40.1. The van der Waals surface area contributed by atoms with Gasteiger partial charge in [0.1, 0.15) is 19.3 Å². The topological polar surface area (TPSA) is 237 Å². The number of aliphatic hydroxyl groups excluding tert-OH is 1. The number of hydrogen-bond acceptors (Lipinski definition) is 15. The average Bonchev–Trinajstić information content (AvgIpc) is 1.19. The summed E-state index contributed by atoms with van der Waals surface area (Å²) >= 11 is 0. The Labute approximate surface area is 588 Å². The van der Waals surface area contributed by atoms with E-state index >= 15 is 0 Å². The monoisotopic (exact) mass is 1410 g/mol. The van der Waals surface area contributed by atoms with Gasteiger partial charge in [-0.15, -0.1) is 0 Å². The smallest absolute Gasteiger partial charge is 0.462 e. The van der Waals surface area contributed by atoms with E-state index in [2.05, 4.69) is 34.6 Å². The molecule has 3 N–H and O–H groups in total. The summed E-state index contributed by atoms with van der Waals surface area (Å²) in [5.41, 5.74) is 0. The van der Waals surface area contributed by atoms with Gasteiger partial charge in [0, 0.05) is 25.7 Å². The SMILES string of the molecule is CCCCCCCCCCCCCCCCCCC(=O)OC[C@H](COP(=O)(O)OC[C@@H](O)COP(=O)(O)OC[C@@H](COC(=O)CCCCCCCCCCC)OC(=O)CCCCCCCCCCCC)OC(=O)CCCCCCCCCCCCCCCCCCCCC(C)C. The van der Waals surface area contributed by atoms with Crippen LogP contribution in [0.15, 0.2) is 0 Å². The van der Waals surface area contributed by atoms with Crippen LogP contribution in [0.5, 0.6) is 0 Å². The summed E-state index contributed by atoms with van der Waals surface area (Å²) < 4.78 is 68.5. The lowest BCUT2D eigenvalue weighted by molar-refractivity contribution is -0.161. The van der Waals surface area contributed by atoms with Crippen molar-refractivity contribution in [1.82, 2.24) is 0 Å². The third-order valence-corrected chi connectivity index (χ3v) is 19.9. The Morgan fingerprint density at radius 3 is 0.708 bits per heavy atom. The zero-order chi connectivity index (χ0) is 70.5. The third kappa shape index (κ3) is 70.5. The van der Waals surface area contributed by atoms with E-state index < -0.39 is 97.5 Å². The molecule has 0 aliphatic rings. The fourth-order valence-electron chi connectivity index (χ4n) is 11.9. The summed E-state index contributed by atoms with van der Waals surface area (Å²) in [6, 6.07) is 0. The first-order valence-corrected chi connectivity index (χ1v) is 43.1. The Kier molecular flexibility index (Phi) is 68.7. The highest BCUT2D eigenvalue weighted by molar-refractivity contribution is 7.47. The van der Waals surface area contributed by atoms with E-state index in [-0.39, 0.29) is 25.7 Å². The summed E-state index contributed by atoms with van der Waals surface area (Å²) in [4.78, 5) is 72.7. The maximum atomic E-state index is 13.1. The van der Waals surface area contributed by atoms with Gasteiger partial charge in [-0.1, -0.05) is 356 Å². The second-order valence-corrected chi connectivity index (χ2v) is 31.1. The van der Waals surface area contributed by atoms with Crippen molar-refractivity contribution in [3.05, 3.63) is 0 Å². The molecular formula is C77H150O17P2. The molecule has 2 unspecified atom stereocenters. The first kappa shape index (κ1) is 94.1. The Morgan fingerprint density at radius 1 is 0.281 bits per heavy atom. The lowest BCUT2D eigenvalue weighted by Gasteiger charge is -2.21. The van der Waals surface area contributed by atoms with E-state index in [1.807, 2.05) is 0 Å². The van der Waals surface area contributed by atoms with Crippen molar-refractivity contribution in [3.8, 4) is 0 Å². The number of phosphoric acid groups is 2. The Bertz CT molecular complexity index is 1840. The van der Waals surface area contributed by atoms with Gasteiger partial charge in [0.25, 0.3) is 0 Å². The minimum Gasteiger partial charge on any atom is -0.462 e. The number of phosphoric ester groups is 2. The number of hydrogen-bond donors (Lipinski definition) is 3. The Hall–Kier alpha value is -1.94. The van der Waals surface area contributed by atoms with Gasteiger partial charge in [-0.05, 0) is 31.6 Å². The number of esters is 4. The molecule has 0 aliphatic heterocycles. The minimum atomic E-state index is -4.96. The molecule has 17 nitrogen and oxygen atoms in total. The third-order valence-electron chi connectivity index (χ3n) is 18.0. The molecule has 0 fully saturated rings. The molecule has 0 heterocycles. The van der Waals surface area contributed by atoms with Gasteiger partial charge >= 0.3 is 39.5 Å². The summed E-state index contributed by atoms with van der Waals surface area (Å²) in [7, 11) is -9.91. The number of rotatable bonds is 77. The molecule has 0 saturated heterocycles. The highest BCUT2D eigenvalue weighted by atomic mass is 31.2. The highest BCUT2D eigenvalue weighted by Gasteiger charge is 2.30. The van der Waals surface area contributed by atoms with Crippen LogP contribution in [0.25, 0.3) is 0 Å². The normalized spacial score (nSPS) is 13.9. The zero-order valence-corrected chi connectivity index (χ0v) is 64.3. The average molecular weight is 1410 g/mol. The van der Waals surface area contributed by atoms with Gasteiger partial charge in [0.05, 0.1) is 26.4 Å². The molecule has 0 aromatic carbocycles. The van der Waals surface area contributed by atoms with Crippen molar-refractivity contribution >= 4 is 39.5 Å². The quantitative estimate of drug-likeness (QED) is 0.0222. The molecule has 0 spiro atoms. The van der Waals surface area contributed by atoms with E-state index in [9.17, 15) is 43.2 Å². The van der Waals surface area contributed by atoms with Crippen molar-refractivity contribution in [2.45, 2.75) is 425 Å². The lowest BCUT2D eigenvalue weighted by Crippen LogP contribution is -2.30. The summed E-state index contributed by atoms with van der Waals surface area (Å²) in [6.45, 7) is 7.31. The fraction of sp³-hybridized carbons (Fsp3) is 0.948. The van der Waals surface area contributed by atoms with Gasteiger partial charge in [-0.2, -0.15) is 0 Å². The summed E-state index contributed by atoms with van der Waals surface area (Å²) in [6.07, 6.45) is 59.7. The van der Waals surface area contributed by atoms with Crippen molar-refractivity contribution in [2.24, 2.45) is 5.92 Å². The molecule has 0 amide bonds. The number of ether oxygens (including phenoxy) is 4. The molecule has 5 atom stereocenters. The number of unbranched alkanes of at least 4 members (excludes halogenated alkanes) is 49. The largest absolute Gasteiger partial charge is 0.472 e. The van der Waals surface area contributed by atoms with Crippen LogP contribution in [-0.4, -0.2) is 96.7 Å². The van der Waals surface area contributed by atoms with Gasteiger partial charge in [-0.3, -0.25) is 37.3 Å². The van der Waals surface area contributed by atoms with Gasteiger partial charge < -0.3 is 33.8 Å². The van der Waals surface area contributed by atoms with Crippen LogP contribution < -0.4 is 0 Å². The molecule has 0 saturated carbocycles. The number of carbonyl (C=O) groups excluding carboxylic acids is 4. The second-order valence-electron chi connectivity index (χ2n) is 28.2. The molecule has 0 rings (SSSR count). The molecule has 0 bridgehead atoms. The molecule has 0 radical (unpaired) electrons. The first-order chi connectivity index (χ1) is 46.5. The van der Waals surface area contributed by atoms with Crippen molar-refractivity contribution < 1.29 is 80.2 Å². The fourth-order valence-corrected chi connectivity index (χ4v) is 13.5. The molecule has 0 aromatic heterocycles. The minimum absolute atomic E-state index is 0.107. The van der Waals surface area contributed by atoms with E-state index in [4.69, 9.17) is 37.0 Å². The predicted molar refractivity (Wildman–Crippen MR) is 391 cm³/mol. The number of carbonyl (C=O) groups is 4. The van der Waals surface area contributed by atoms with E-state index in [0.717, 1.165) is 95.8 Å². The van der Waals surface area contributed by atoms with Crippen molar-refractivity contribution in [2.75, 3.05) is 39.6 Å². The maximum Gasteiger partial charge on any atom is 0.472 e. The molecule has 570 valence electrons. The van der Waals surface area contributed by atoms with Crippen LogP contribution in [0.4, 0.5) is 0 Å². The molecular weight excluding hydrogens is 1260 g/mol. The summed E-state index contributed by atoms with van der Waals surface area (Å²) in [5.74, 6) is -1.29. The van der Waals surface area contributed by atoms with Crippen LogP contribution in [0.1, 0.15) is 407 Å². The van der Waals surface area contributed by atoms with Crippen molar-refractivity contribution in [3.63, 3.8) is 0 Å². The van der Waals surface area contributed by atoms with Crippen LogP contribution in [0.3, 0.4) is 0 Å². The van der Waals surface area contributed by atoms with Crippen LogP contribution >= 0.6 is 15.6 Å². The second kappa shape index (κ2) is 70.1. The van der Waals surface area contributed by atoms with Crippen LogP contribution in [0, 0.1) is 5.92 Å². The summed E-state index contributed by atoms with van der Waals surface area (Å²) in [5, 5.41) is 10.6. The van der Waals surface area contributed by atoms with Gasteiger partial charge in [0.15, 0.2) is 12.2 Å². The van der Waals surface area contributed by atoms with E-state index in [0.29, 0.717) is 25.7 Å². The lowest BCUT2D eigenvalue weighted by atomic mass is 10.0. The molecule has 96 heavy (non-hydrogen) atoms. The Balaban J connectivity index is 5.18. The predicted octanol–water partition coefficient (Wildman–Crippen LogP) is 22.9. The van der Waals surface area contributed by atoms with E-state index in [1.54, 1.807) is 0 Å². The van der Waals surface area contributed by atoms with Crippen LogP contribution in [-0.2, 0) is 65.4 Å². The van der Waals surface area contributed by atoms with Crippen LogP contribution in [0.2, 0.25) is 0 Å². The molecule has 19 heteroatoms. The Morgan fingerprint density at radius 2 is 0.479 bits per heavy atom. The standard InChI is InChI=1S/C77H150O17P2/c1-6-9-12-15-18-21-23-24-25-31-34-37-42-46-51-56-61-75(80)88-67-73(94-77(82)63-58-53-48-43-38-35-32-29-27-26-28-30-33-36-40-44-49-54-59-70(4)5)69-92-96(85,86)90-65-71(78)64-89-95(83,84)91-68-72(66-87-74(79)60-55-50-45-39-20-17-14-11-8-3)93-76(81)62-57-52-47-41-22-19-16-13-10-7-2/h70-73,78H,6-69H2,1-5H3,(H,83,84)(H,85,86)/t71-,72+,73+/m0/s1. The number of aliphatic hydroxyl groups is 1. The van der Waals surface area contributed by atoms with Crippen molar-refractivity contribution in [1.29, 1.82) is 0 Å². The molecule has 0 aromatic rings. The highest BCUT2D eigenvalue weighted by Crippen LogP contribution is 2.45.